The number of anilines is 1. The molecule has 0 spiro atoms. The maximum Gasteiger partial charge on any atom is 0.241 e. The number of hydrogen-bond acceptors (Lipinski definition) is 2. The molecule has 0 radical (unpaired) electrons. The highest BCUT2D eigenvalue weighted by Crippen LogP contribution is 2.18. The average molecular weight is 310 g/mol. The topological polar surface area (TPSA) is 41.1 Å². The second-order valence-electron chi connectivity index (χ2n) is 6.04. The van der Waals surface area contributed by atoms with Gasteiger partial charge in [0.1, 0.15) is 11.6 Å². The van der Waals surface area contributed by atoms with Crippen LogP contribution in [0.3, 0.4) is 0 Å². The Hall–Kier alpha value is -1.49. The Kier molecular flexibility index (Phi) is 6.31. The quantitative estimate of drug-likeness (QED) is 0.882. The molecule has 0 aromatic heterocycles. The van der Waals surface area contributed by atoms with E-state index in [2.05, 4.69) is 10.6 Å². The van der Waals surface area contributed by atoms with Crippen LogP contribution in [0.15, 0.2) is 18.2 Å². The average Bonchev–Trinajstić information content (AvgIpc) is 2.45. The monoisotopic (exact) mass is 310 g/mol. The van der Waals surface area contributed by atoms with E-state index < -0.39 is 17.7 Å². The molecule has 1 aromatic carbocycles. The molecule has 0 aliphatic heterocycles. The van der Waals surface area contributed by atoms with Gasteiger partial charge in [-0.3, -0.25) is 4.79 Å². The van der Waals surface area contributed by atoms with E-state index in [1.165, 1.54) is 32.1 Å². The molecule has 1 aliphatic carbocycles. The van der Waals surface area contributed by atoms with Crippen molar-refractivity contribution in [2.45, 2.75) is 64.0 Å². The number of amides is 1. The first-order chi connectivity index (χ1) is 10.6. The van der Waals surface area contributed by atoms with Crippen LogP contribution in [0, 0.1) is 11.6 Å². The van der Waals surface area contributed by atoms with Crippen molar-refractivity contribution < 1.29 is 13.6 Å². The summed E-state index contributed by atoms with van der Waals surface area (Å²) in [6.45, 7) is 1.76. The maximum absolute atomic E-state index is 13.5. The minimum absolute atomic E-state index is 0.115. The summed E-state index contributed by atoms with van der Waals surface area (Å²) in [5.74, 6) is -1.54. The van der Waals surface area contributed by atoms with Crippen LogP contribution in [0.2, 0.25) is 0 Å². The highest BCUT2D eigenvalue weighted by molar-refractivity contribution is 5.94. The Labute approximate surface area is 130 Å². The highest BCUT2D eigenvalue weighted by atomic mass is 19.1. The number of nitrogens with one attached hydrogen (secondary N) is 2. The lowest BCUT2D eigenvalue weighted by Gasteiger charge is -2.24. The van der Waals surface area contributed by atoms with Crippen LogP contribution in [0.1, 0.15) is 51.9 Å². The van der Waals surface area contributed by atoms with Gasteiger partial charge in [0.15, 0.2) is 0 Å². The van der Waals surface area contributed by atoms with Crippen molar-refractivity contribution in [2.75, 3.05) is 5.32 Å². The molecule has 1 fully saturated rings. The fourth-order valence-corrected chi connectivity index (χ4v) is 2.89. The molecule has 5 heteroatoms. The van der Waals surface area contributed by atoms with E-state index in [1.807, 2.05) is 0 Å². The predicted octanol–water partition coefficient (Wildman–Crippen LogP) is 3.99. The summed E-state index contributed by atoms with van der Waals surface area (Å²) in [7, 11) is 0. The van der Waals surface area contributed by atoms with Crippen molar-refractivity contribution in [2.24, 2.45) is 0 Å². The summed E-state index contributed by atoms with van der Waals surface area (Å²) in [4.78, 5) is 12.1. The van der Waals surface area contributed by atoms with Crippen LogP contribution in [0.25, 0.3) is 0 Å². The summed E-state index contributed by atoms with van der Waals surface area (Å²) >= 11 is 0. The summed E-state index contributed by atoms with van der Waals surface area (Å²) < 4.78 is 26.7. The third kappa shape index (κ3) is 5.05. The number of carbonyl (C=O) groups is 1. The third-order valence-corrected chi connectivity index (χ3v) is 4.17. The largest absolute Gasteiger partial charge is 0.322 e. The molecule has 1 aromatic rings. The Balaban J connectivity index is 1.89. The second-order valence-corrected chi connectivity index (χ2v) is 6.04. The van der Waals surface area contributed by atoms with Gasteiger partial charge in [0.25, 0.3) is 0 Å². The van der Waals surface area contributed by atoms with Crippen LogP contribution in [0.4, 0.5) is 14.5 Å². The molecule has 1 aliphatic rings. The van der Waals surface area contributed by atoms with Crippen LogP contribution in [-0.4, -0.2) is 18.0 Å². The Bertz CT molecular complexity index is 499. The van der Waals surface area contributed by atoms with Crippen molar-refractivity contribution in [3.63, 3.8) is 0 Å². The molecular formula is C17H24F2N2O. The molecule has 0 unspecified atom stereocenters. The van der Waals surface area contributed by atoms with Gasteiger partial charge in [-0.1, -0.05) is 32.1 Å². The number of hydrogen-bond donors (Lipinski definition) is 2. The SMILES string of the molecule is C[C@@H](NC1CCCCCCC1)C(=O)Nc1cc(F)ccc1F. The number of rotatable bonds is 4. The number of halogens is 2. The molecule has 0 saturated heterocycles. The van der Waals surface area contributed by atoms with Crippen LogP contribution < -0.4 is 10.6 Å². The predicted molar refractivity (Wildman–Crippen MR) is 83.7 cm³/mol. The lowest BCUT2D eigenvalue weighted by atomic mass is 9.96. The van der Waals surface area contributed by atoms with Crippen molar-refractivity contribution in [1.82, 2.24) is 5.32 Å². The molecule has 3 nitrogen and oxygen atoms in total. The normalized spacial score (nSPS) is 18.3. The molecule has 22 heavy (non-hydrogen) atoms. The number of benzene rings is 1. The van der Waals surface area contributed by atoms with Crippen LogP contribution >= 0.6 is 0 Å². The highest BCUT2D eigenvalue weighted by Gasteiger charge is 2.19. The first kappa shape index (κ1) is 16.9. The Morgan fingerprint density at radius 1 is 1.14 bits per heavy atom. The fourth-order valence-electron chi connectivity index (χ4n) is 2.89. The number of carbonyl (C=O) groups excluding carboxylic acids is 1. The van der Waals surface area contributed by atoms with Crippen molar-refractivity contribution in [3.05, 3.63) is 29.8 Å². The molecular weight excluding hydrogens is 286 g/mol. The molecule has 1 atom stereocenters. The zero-order valence-corrected chi connectivity index (χ0v) is 13.0. The van der Waals surface area contributed by atoms with Crippen molar-refractivity contribution in [1.29, 1.82) is 0 Å². The van der Waals surface area contributed by atoms with Crippen LogP contribution in [-0.2, 0) is 4.79 Å². The van der Waals surface area contributed by atoms with Gasteiger partial charge in [0, 0.05) is 12.1 Å². The zero-order chi connectivity index (χ0) is 15.9. The van der Waals surface area contributed by atoms with Gasteiger partial charge >= 0.3 is 0 Å². The van der Waals surface area contributed by atoms with E-state index in [9.17, 15) is 13.6 Å². The van der Waals surface area contributed by atoms with Gasteiger partial charge in [-0.15, -0.1) is 0 Å². The third-order valence-electron chi connectivity index (χ3n) is 4.17. The van der Waals surface area contributed by atoms with Crippen molar-refractivity contribution >= 4 is 11.6 Å². The molecule has 2 N–H and O–H groups in total. The van der Waals surface area contributed by atoms with Crippen LogP contribution in [0.5, 0.6) is 0 Å². The van der Waals surface area contributed by atoms with Gasteiger partial charge in [-0.05, 0) is 31.9 Å². The smallest absolute Gasteiger partial charge is 0.241 e. The molecule has 0 bridgehead atoms. The first-order valence-corrected chi connectivity index (χ1v) is 8.08. The van der Waals surface area contributed by atoms with Gasteiger partial charge in [0.2, 0.25) is 5.91 Å². The maximum atomic E-state index is 13.5. The molecule has 2 rings (SSSR count). The fraction of sp³-hybridized carbons (Fsp3) is 0.588. The first-order valence-electron chi connectivity index (χ1n) is 8.08. The van der Waals surface area contributed by atoms with E-state index in [1.54, 1.807) is 6.92 Å². The Morgan fingerprint density at radius 2 is 1.77 bits per heavy atom. The van der Waals surface area contributed by atoms with Crippen molar-refractivity contribution in [3.8, 4) is 0 Å². The lowest BCUT2D eigenvalue weighted by Crippen LogP contribution is -2.44. The van der Waals surface area contributed by atoms with Gasteiger partial charge in [-0.25, -0.2) is 8.78 Å². The zero-order valence-electron chi connectivity index (χ0n) is 13.0. The lowest BCUT2D eigenvalue weighted by molar-refractivity contribution is -0.118. The van der Waals surface area contributed by atoms with E-state index >= 15 is 0 Å². The van der Waals surface area contributed by atoms with E-state index in [0.29, 0.717) is 6.04 Å². The standard InChI is InChI=1S/C17H24F2N2O/c1-12(20-14-7-5-3-2-4-6-8-14)17(22)21-16-11-13(18)9-10-15(16)19/h9-12,14,20H,2-8H2,1H3,(H,21,22)/t12-/m1/s1. The van der Waals surface area contributed by atoms with E-state index in [0.717, 1.165) is 31.0 Å². The van der Waals surface area contributed by atoms with Gasteiger partial charge < -0.3 is 10.6 Å². The van der Waals surface area contributed by atoms with Gasteiger partial charge in [-0.2, -0.15) is 0 Å². The molecule has 0 heterocycles. The molecule has 1 saturated carbocycles. The summed E-state index contributed by atoms with van der Waals surface area (Å²) in [6.07, 6.45) is 8.25. The minimum atomic E-state index is -0.632. The Morgan fingerprint density at radius 3 is 2.45 bits per heavy atom. The molecule has 122 valence electrons. The summed E-state index contributed by atoms with van der Waals surface area (Å²) in [6, 6.07) is 2.92. The summed E-state index contributed by atoms with van der Waals surface area (Å²) in [5.41, 5.74) is -0.115. The van der Waals surface area contributed by atoms with Gasteiger partial charge in [0.05, 0.1) is 11.7 Å². The molecule has 1 amide bonds. The second kappa shape index (κ2) is 8.22. The summed E-state index contributed by atoms with van der Waals surface area (Å²) in [5, 5.41) is 5.76. The minimum Gasteiger partial charge on any atom is -0.322 e. The van der Waals surface area contributed by atoms with E-state index in [4.69, 9.17) is 0 Å². The van der Waals surface area contributed by atoms with E-state index in [-0.39, 0.29) is 11.6 Å².